The molecule has 0 aliphatic rings. The third-order valence-corrected chi connectivity index (χ3v) is 3.07. The number of hydrogen-bond acceptors (Lipinski definition) is 5. The Labute approximate surface area is 124 Å². The molecule has 1 aromatic carbocycles. The fourth-order valence-corrected chi connectivity index (χ4v) is 2.04. The molecule has 0 saturated heterocycles. The van der Waals surface area contributed by atoms with Gasteiger partial charge in [0.05, 0.1) is 0 Å². The lowest BCUT2D eigenvalue weighted by Gasteiger charge is -2.04. The molecule has 3 aromatic rings. The van der Waals surface area contributed by atoms with Crippen LogP contribution in [-0.4, -0.2) is 5.91 Å². The molecular weight excluding hydrogens is 286 g/mol. The SMILES string of the molecule is Cc1cc2oc(=O)c(NC(=O)c3ccccc3)cc2c(=O)o1. The van der Waals surface area contributed by atoms with Gasteiger partial charge in [-0.3, -0.25) is 4.79 Å². The normalized spacial score (nSPS) is 10.6. The van der Waals surface area contributed by atoms with Crippen molar-refractivity contribution < 1.29 is 13.6 Å². The molecule has 3 rings (SSSR count). The van der Waals surface area contributed by atoms with E-state index in [0.717, 1.165) is 0 Å². The number of rotatable bonds is 2. The minimum Gasteiger partial charge on any atom is -0.428 e. The van der Waals surface area contributed by atoms with Gasteiger partial charge in [-0.2, -0.15) is 0 Å². The number of amides is 1. The molecule has 0 aliphatic heterocycles. The van der Waals surface area contributed by atoms with Crippen molar-refractivity contribution in [1.82, 2.24) is 0 Å². The molecule has 2 aromatic heterocycles. The highest BCUT2D eigenvalue weighted by atomic mass is 16.4. The summed E-state index contributed by atoms with van der Waals surface area (Å²) in [5.41, 5.74) is -0.970. The first kappa shape index (κ1) is 13.8. The average molecular weight is 297 g/mol. The van der Waals surface area contributed by atoms with E-state index in [0.29, 0.717) is 11.3 Å². The molecule has 110 valence electrons. The van der Waals surface area contributed by atoms with Crippen LogP contribution >= 0.6 is 0 Å². The second-order valence-corrected chi connectivity index (χ2v) is 4.69. The zero-order valence-corrected chi connectivity index (χ0v) is 11.6. The van der Waals surface area contributed by atoms with E-state index >= 15 is 0 Å². The number of fused-ring (bicyclic) bond motifs is 1. The van der Waals surface area contributed by atoms with E-state index in [4.69, 9.17) is 8.83 Å². The quantitative estimate of drug-likeness (QED) is 0.784. The second kappa shape index (κ2) is 5.33. The van der Waals surface area contributed by atoms with Crippen molar-refractivity contribution in [2.75, 3.05) is 5.32 Å². The maximum atomic E-state index is 12.0. The smallest absolute Gasteiger partial charge is 0.360 e. The molecule has 1 N–H and O–H groups in total. The highest BCUT2D eigenvalue weighted by Gasteiger charge is 2.13. The van der Waals surface area contributed by atoms with Crippen LogP contribution in [0.3, 0.4) is 0 Å². The van der Waals surface area contributed by atoms with E-state index in [2.05, 4.69) is 5.32 Å². The number of hydrogen-bond donors (Lipinski definition) is 1. The van der Waals surface area contributed by atoms with Gasteiger partial charge in [0, 0.05) is 11.6 Å². The molecule has 0 bridgehead atoms. The Morgan fingerprint density at radius 1 is 1.00 bits per heavy atom. The van der Waals surface area contributed by atoms with Gasteiger partial charge < -0.3 is 14.2 Å². The Morgan fingerprint density at radius 2 is 1.73 bits per heavy atom. The summed E-state index contributed by atoms with van der Waals surface area (Å²) < 4.78 is 10.0. The third kappa shape index (κ3) is 2.54. The first-order valence-electron chi connectivity index (χ1n) is 6.49. The molecule has 0 aliphatic carbocycles. The lowest BCUT2D eigenvalue weighted by Crippen LogP contribution is -2.18. The summed E-state index contributed by atoms with van der Waals surface area (Å²) in [6.45, 7) is 1.58. The van der Waals surface area contributed by atoms with Crippen LogP contribution in [0.4, 0.5) is 5.69 Å². The van der Waals surface area contributed by atoms with Crippen molar-refractivity contribution in [3.63, 3.8) is 0 Å². The van der Waals surface area contributed by atoms with E-state index in [1.54, 1.807) is 37.3 Å². The van der Waals surface area contributed by atoms with Crippen LogP contribution in [0.5, 0.6) is 0 Å². The molecule has 6 heteroatoms. The van der Waals surface area contributed by atoms with Crippen LogP contribution in [-0.2, 0) is 0 Å². The first-order valence-corrected chi connectivity index (χ1v) is 6.49. The molecule has 6 nitrogen and oxygen atoms in total. The molecule has 0 saturated carbocycles. The van der Waals surface area contributed by atoms with Crippen LogP contribution in [0.25, 0.3) is 11.0 Å². The van der Waals surface area contributed by atoms with Gasteiger partial charge in [-0.1, -0.05) is 18.2 Å². The van der Waals surface area contributed by atoms with Gasteiger partial charge in [-0.05, 0) is 25.1 Å². The fourth-order valence-electron chi connectivity index (χ4n) is 2.04. The van der Waals surface area contributed by atoms with E-state index in [9.17, 15) is 14.4 Å². The molecule has 0 atom stereocenters. The van der Waals surface area contributed by atoms with Crippen LogP contribution in [0, 0.1) is 6.92 Å². The summed E-state index contributed by atoms with van der Waals surface area (Å²) >= 11 is 0. The standard InChI is InChI=1S/C16H11NO5/c1-9-7-13-11(15(19)21-9)8-12(16(20)22-13)17-14(18)10-5-3-2-4-6-10/h2-8H,1H3,(H,17,18). The van der Waals surface area contributed by atoms with Crippen LogP contribution in [0.15, 0.2) is 60.9 Å². The number of benzene rings is 1. The summed E-state index contributed by atoms with van der Waals surface area (Å²) in [7, 11) is 0. The summed E-state index contributed by atoms with van der Waals surface area (Å²) in [6.07, 6.45) is 0. The molecule has 2 heterocycles. The maximum absolute atomic E-state index is 12.0. The van der Waals surface area contributed by atoms with Crippen LogP contribution in [0.1, 0.15) is 16.1 Å². The number of anilines is 1. The Hall–Kier alpha value is -3.15. The monoisotopic (exact) mass is 297 g/mol. The average Bonchev–Trinajstić information content (AvgIpc) is 2.49. The van der Waals surface area contributed by atoms with Gasteiger partial charge in [-0.15, -0.1) is 0 Å². The third-order valence-electron chi connectivity index (χ3n) is 3.07. The number of nitrogens with one attached hydrogen (secondary N) is 1. The lowest BCUT2D eigenvalue weighted by molar-refractivity contribution is 0.102. The van der Waals surface area contributed by atoms with Gasteiger partial charge in [0.25, 0.3) is 5.91 Å². The lowest BCUT2D eigenvalue weighted by atomic mass is 10.2. The highest BCUT2D eigenvalue weighted by Crippen LogP contribution is 2.14. The minimum absolute atomic E-state index is 0.0913. The van der Waals surface area contributed by atoms with Gasteiger partial charge in [0.2, 0.25) is 0 Å². The zero-order chi connectivity index (χ0) is 15.7. The molecule has 0 fully saturated rings. The predicted molar refractivity (Wildman–Crippen MR) is 80.2 cm³/mol. The van der Waals surface area contributed by atoms with Crippen LogP contribution < -0.4 is 16.6 Å². The fraction of sp³-hybridized carbons (Fsp3) is 0.0625. The summed E-state index contributed by atoms with van der Waals surface area (Å²) in [5, 5.41) is 2.53. The molecule has 0 spiro atoms. The highest BCUT2D eigenvalue weighted by molar-refractivity contribution is 6.04. The summed E-state index contributed by atoms with van der Waals surface area (Å²) in [5.74, 6) is -0.134. The predicted octanol–water partition coefficient (Wildman–Crippen LogP) is 2.31. The van der Waals surface area contributed by atoms with Crippen molar-refractivity contribution >= 4 is 22.6 Å². The van der Waals surface area contributed by atoms with Gasteiger partial charge in [0.1, 0.15) is 22.4 Å². The maximum Gasteiger partial charge on any atom is 0.360 e. The summed E-state index contributed by atoms with van der Waals surface area (Å²) in [4.78, 5) is 35.7. The number of carbonyl (C=O) groups is 1. The number of aryl methyl sites for hydroxylation is 1. The molecule has 1 amide bonds. The Morgan fingerprint density at radius 3 is 2.45 bits per heavy atom. The Kier molecular flexibility index (Phi) is 3.34. The van der Waals surface area contributed by atoms with Crippen molar-refractivity contribution in [2.45, 2.75) is 6.92 Å². The molecule has 22 heavy (non-hydrogen) atoms. The van der Waals surface area contributed by atoms with Crippen molar-refractivity contribution in [3.8, 4) is 0 Å². The second-order valence-electron chi connectivity index (χ2n) is 4.69. The van der Waals surface area contributed by atoms with E-state index in [-0.39, 0.29) is 16.7 Å². The first-order chi connectivity index (χ1) is 10.5. The Bertz CT molecular complexity index is 969. The molecule has 0 unspecified atom stereocenters. The van der Waals surface area contributed by atoms with Crippen molar-refractivity contribution in [2.24, 2.45) is 0 Å². The van der Waals surface area contributed by atoms with E-state index in [1.165, 1.54) is 12.1 Å². The van der Waals surface area contributed by atoms with Crippen molar-refractivity contribution in [3.05, 3.63) is 74.6 Å². The number of carbonyl (C=O) groups excluding carboxylic acids is 1. The molecular formula is C16H11NO5. The Balaban J connectivity index is 2.05. The largest absolute Gasteiger partial charge is 0.428 e. The van der Waals surface area contributed by atoms with Gasteiger partial charge in [0.15, 0.2) is 0 Å². The van der Waals surface area contributed by atoms with E-state index < -0.39 is 17.2 Å². The van der Waals surface area contributed by atoms with Crippen LogP contribution in [0.2, 0.25) is 0 Å². The topological polar surface area (TPSA) is 89.5 Å². The molecule has 0 radical (unpaired) electrons. The van der Waals surface area contributed by atoms with Gasteiger partial charge in [-0.25, -0.2) is 9.59 Å². The summed E-state index contributed by atoms with van der Waals surface area (Å²) in [6, 6.07) is 11.1. The zero-order valence-electron chi connectivity index (χ0n) is 11.6. The van der Waals surface area contributed by atoms with Gasteiger partial charge >= 0.3 is 11.3 Å². The minimum atomic E-state index is -0.734. The van der Waals surface area contributed by atoms with Crippen molar-refractivity contribution in [1.29, 1.82) is 0 Å². The van der Waals surface area contributed by atoms with E-state index in [1.807, 2.05) is 0 Å².